The number of sulfonamides is 1. The minimum absolute atomic E-state index is 0.000746. The minimum atomic E-state index is -3.94. The molecular formula is C18H21Cl2N3O4S. The number of rotatable bonds is 4. The Hall–Kier alpha value is -1.45. The van der Waals surface area contributed by atoms with Gasteiger partial charge in [-0.25, -0.2) is 18.4 Å². The van der Waals surface area contributed by atoms with Gasteiger partial charge in [-0.2, -0.15) is 0 Å². The lowest BCUT2D eigenvalue weighted by Crippen LogP contribution is -2.49. The SMILES string of the molecule is CC(C)(C)OC(=O)[C@H]1CCCN1NS(=O)(=O)c1ccc2c(Cl)cnc(Cl)c2c1. The molecule has 1 N–H and O–H groups in total. The van der Waals surface area contributed by atoms with Gasteiger partial charge >= 0.3 is 5.97 Å². The number of nitrogens with one attached hydrogen (secondary N) is 1. The summed E-state index contributed by atoms with van der Waals surface area (Å²) in [6.45, 7) is 5.72. The van der Waals surface area contributed by atoms with Gasteiger partial charge in [-0.3, -0.25) is 4.79 Å². The molecule has 1 saturated heterocycles. The molecule has 0 radical (unpaired) electrons. The zero-order valence-electron chi connectivity index (χ0n) is 15.7. The van der Waals surface area contributed by atoms with Crippen LogP contribution in [0.5, 0.6) is 0 Å². The number of carbonyl (C=O) groups is 1. The third kappa shape index (κ3) is 4.58. The van der Waals surface area contributed by atoms with Crippen molar-refractivity contribution < 1.29 is 17.9 Å². The molecule has 0 amide bonds. The molecule has 1 aromatic carbocycles. The molecule has 3 rings (SSSR count). The second kappa shape index (κ2) is 7.76. The van der Waals surface area contributed by atoms with Gasteiger partial charge in [-0.15, -0.1) is 4.83 Å². The molecule has 152 valence electrons. The first-order valence-electron chi connectivity index (χ1n) is 8.74. The molecule has 1 fully saturated rings. The number of hydrazine groups is 1. The number of halogens is 2. The molecule has 10 heteroatoms. The third-order valence-corrected chi connectivity index (χ3v) is 6.19. The van der Waals surface area contributed by atoms with Crippen molar-refractivity contribution in [2.75, 3.05) is 6.54 Å². The molecule has 1 atom stereocenters. The van der Waals surface area contributed by atoms with Crippen LogP contribution in [0.15, 0.2) is 29.3 Å². The van der Waals surface area contributed by atoms with Crippen molar-refractivity contribution in [1.82, 2.24) is 14.8 Å². The Morgan fingerprint density at radius 2 is 2.00 bits per heavy atom. The Labute approximate surface area is 174 Å². The first-order chi connectivity index (χ1) is 13.0. The van der Waals surface area contributed by atoms with Crippen LogP contribution < -0.4 is 4.83 Å². The first-order valence-corrected chi connectivity index (χ1v) is 11.0. The number of ether oxygens (including phenoxy) is 1. The molecule has 28 heavy (non-hydrogen) atoms. The predicted octanol–water partition coefficient (Wildman–Crippen LogP) is 3.54. The summed E-state index contributed by atoms with van der Waals surface area (Å²) >= 11 is 12.2. The van der Waals surface area contributed by atoms with Gasteiger partial charge in [0.15, 0.2) is 0 Å². The van der Waals surface area contributed by atoms with Crippen LogP contribution in [0.25, 0.3) is 10.8 Å². The summed E-state index contributed by atoms with van der Waals surface area (Å²) < 4.78 is 31.2. The molecule has 2 heterocycles. The number of pyridine rings is 1. The predicted molar refractivity (Wildman–Crippen MR) is 108 cm³/mol. The highest BCUT2D eigenvalue weighted by molar-refractivity contribution is 7.89. The molecule has 0 aliphatic carbocycles. The van der Waals surface area contributed by atoms with Crippen molar-refractivity contribution >= 4 is 50.0 Å². The molecular weight excluding hydrogens is 425 g/mol. The first kappa shape index (κ1) is 21.3. The molecule has 1 aliphatic rings. The maximum Gasteiger partial charge on any atom is 0.325 e. The maximum absolute atomic E-state index is 12.9. The Morgan fingerprint density at radius 1 is 1.29 bits per heavy atom. The summed E-state index contributed by atoms with van der Waals surface area (Å²) in [6.07, 6.45) is 2.60. The number of carbonyl (C=O) groups excluding carboxylic acids is 1. The third-order valence-electron chi connectivity index (χ3n) is 4.24. The summed E-state index contributed by atoms with van der Waals surface area (Å²) in [4.78, 5) is 18.9. The zero-order valence-corrected chi connectivity index (χ0v) is 18.0. The van der Waals surface area contributed by atoms with E-state index in [0.29, 0.717) is 35.2 Å². The van der Waals surface area contributed by atoms with Crippen molar-refractivity contribution in [3.8, 4) is 0 Å². The van der Waals surface area contributed by atoms with E-state index >= 15 is 0 Å². The summed E-state index contributed by atoms with van der Waals surface area (Å²) in [7, 11) is -3.94. The molecule has 0 unspecified atom stereocenters. The van der Waals surface area contributed by atoms with E-state index in [0.717, 1.165) is 0 Å². The van der Waals surface area contributed by atoms with Crippen molar-refractivity contribution in [2.45, 2.75) is 50.2 Å². The Balaban J connectivity index is 1.86. The lowest BCUT2D eigenvalue weighted by Gasteiger charge is -2.27. The number of esters is 1. The normalized spacial score (nSPS) is 18.5. The second-order valence-corrected chi connectivity index (χ2v) is 10.0. The van der Waals surface area contributed by atoms with Crippen LogP contribution in [0.1, 0.15) is 33.6 Å². The van der Waals surface area contributed by atoms with E-state index in [4.69, 9.17) is 27.9 Å². The number of hydrogen-bond donors (Lipinski definition) is 1. The number of hydrogen-bond acceptors (Lipinski definition) is 6. The fourth-order valence-electron chi connectivity index (χ4n) is 3.02. The standard InChI is InChI=1S/C18H21Cl2N3O4S/c1-18(2,3)27-17(24)15-5-4-8-23(15)22-28(25,26)11-6-7-12-13(9-11)16(20)21-10-14(12)19/h6-7,9-10,15,22H,4-5,8H2,1-3H3/t15-/m1/s1. The highest BCUT2D eigenvalue weighted by atomic mass is 35.5. The van der Waals surface area contributed by atoms with Crippen molar-refractivity contribution in [3.05, 3.63) is 34.6 Å². The van der Waals surface area contributed by atoms with Crippen LogP contribution in [-0.2, 0) is 19.6 Å². The van der Waals surface area contributed by atoms with E-state index in [1.54, 1.807) is 26.8 Å². The average molecular weight is 446 g/mol. The van der Waals surface area contributed by atoms with Gasteiger partial charge < -0.3 is 4.74 Å². The lowest BCUT2D eigenvalue weighted by atomic mass is 10.2. The fourth-order valence-corrected chi connectivity index (χ4v) is 4.59. The number of nitrogens with zero attached hydrogens (tertiary/aromatic N) is 2. The molecule has 0 spiro atoms. The zero-order chi connectivity index (χ0) is 20.7. The Kier molecular flexibility index (Phi) is 5.89. The molecule has 0 bridgehead atoms. The van der Waals surface area contributed by atoms with E-state index in [-0.39, 0.29) is 10.0 Å². The van der Waals surface area contributed by atoms with Gasteiger partial charge in [0.2, 0.25) is 0 Å². The highest BCUT2D eigenvalue weighted by Gasteiger charge is 2.36. The Bertz CT molecular complexity index is 1020. The minimum Gasteiger partial charge on any atom is -0.459 e. The van der Waals surface area contributed by atoms with Gasteiger partial charge in [0.25, 0.3) is 10.0 Å². The van der Waals surface area contributed by atoms with Gasteiger partial charge in [0.1, 0.15) is 16.8 Å². The van der Waals surface area contributed by atoms with Crippen molar-refractivity contribution in [3.63, 3.8) is 0 Å². The van der Waals surface area contributed by atoms with Crippen LogP contribution in [0, 0.1) is 0 Å². The van der Waals surface area contributed by atoms with Crippen LogP contribution in [0.3, 0.4) is 0 Å². The summed E-state index contributed by atoms with van der Waals surface area (Å²) in [5, 5.41) is 2.98. The average Bonchev–Trinajstić information content (AvgIpc) is 3.04. The number of benzene rings is 1. The van der Waals surface area contributed by atoms with E-state index in [1.165, 1.54) is 23.3 Å². The van der Waals surface area contributed by atoms with E-state index in [9.17, 15) is 13.2 Å². The number of fused-ring (bicyclic) bond motifs is 1. The second-order valence-electron chi connectivity index (χ2n) is 7.58. The summed E-state index contributed by atoms with van der Waals surface area (Å²) in [6, 6.07) is 3.76. The van der Waals surface area contributed by atoms with Gasteiger partial charge in [-0.1, -0.05) is 29.3 Å². The van der Waals surface area contributed by atoms with Gasteiger partial charge in [0.05, 0.1) is 9.92 Å². The van der Waals surface area contributed by atoms with Crippen molar-refractivity contribution in [1.29, 1.82) is 0 Å². The van der Waals surface area contributed by atoms with Crippen LogP contribution in [0.4, 0.5) is 0 Å². The topological polar surface area (TPSA) is 88.6 Å². The molecule has 0 saturated carbocycles. The van der Waals surface area contributed by atoms with Crippen LogP contribution in [-0.4, -0.2) is 42.6 Å². The summed E-state index contributed by atoms with van der Waals surface area (Å²) in [5.41, 5.74) is -0.647. The van der Waals surface area contributed by atoms with Gasteiger partial charge in [-0.05, 0) is 45.7 Å². The fraction of sp³-hybridized carbons (Fsp3) is 0.444. The summed E-state index contributed by atoms with van der Waals surface area (Å²) in [5.74, 6) is -0.453. The molecule has 7 nitrogen and oxygen atoms in total. The number of aromatic nitrogens is 1. The Morgan fingerprint density at radius 3 is 2.68 bits per heavy atom. The van der Waals surface area contributed by atoms with Crippen molar-refractivity contribution in [2.24, 2.45) is 0 Å². The molecule has 1 aromatic heterocycles. The molecule has 1 aliphatic heterocycles. The quantitative estimate of drug-likeness (QED) is 0.571. The molecule has 2 aromatic rings. The van der Waals surface area contributed by atoms with E-state index in [1.807, 2.05) is 0 Å². The van der Waals surface area contributed by atoms with E-state index in [2.05, 4.69) is 9.82 Å². The van der Waals surface area contributed by atoms with Gasteiger partial charge in [0, 0.05) is 23.5 Å². The largest absolute Gasteiger partial charge is 0.459 e. The lowest BCUT2D eigenvalue weighted by molar-refractivity contribution is -0.160. The maximum atomic E-state index is 12.9. The van der Waals surface area contributed by atoms with Crippen LogP contribution >= 0.6 is 23.2 Å². The smallest absolute Gasteiger partial charge is 0.325 e. The monoisotopic (exact) mass is 445 g/mol. The highest BCUT2D eigenvalue weighted by Crippen LogP contribution is 2.30. The van der Waals surface area contributed by atoms with E-state index < -0.39 is 27.6 Å². The van der Waals surface area contributed by atoms with Crippen LogP contribution in [0.2, 0.25) is 10.2 Å².